The van der Waals surface area contributed by atoms with Crippen molar-refractivity contribution in [3.05, 3.63) is 29.8 Å². The molecular formula is C14H20N2O2. The molecule has 1 aliphatic heterocycles. The fourth-order valence-corrected chi connectivity index (χ4v) is 2.22. The third-order valence-corrected chi connectivity index (χ3v) is 3.14. The lowest BCUT2D eigenvalue weighted by atomic mass is 10.2. The molecule has 0 aliphatic carbocycles. The second-order valence-electron chi connectivity index (χ2n) is 4.45. The maximum absolute atomic E-state index is 11.9. The molecule has 0 bridgehead atoms. The highest BCUT2D eigenvalue weighted by Gasteiger charge is 2.25. The van der Waals surface area contributed by atoms with Crippen molar-refractivity contribution in [2.75, 3.05) is 38.3 Å². The number of methoxy groups -OCH3 is 1. The molecule has 18 heavy (non-hydrogen) atoms. The van der Waals surface area contributed by atoms with E-state index in [1.54, 1.807) is 7.11 Å². The van der Waals surface area contributed by atoms with E-state index in [1.165, 1.54) is 0 Å². The average molecular weight is 248 g/mol. The van der Waals surface area contributed by atoms with Gasteiger partial charge in [0.15, 0.2) is 0 Å². The molecule has 0 atom stereocenters. The quantitative estimate of drug-likeness (QED) is 0.737. The van der Waals surface area contributed by atoms with Crippen molar-refractivity contribution in [3.8, 4) is 0 Å². The van der Waals surface area contributed by atoms with Gasteiger partial charge in [-0.1, -0.05) is 18.2 Å². The van der Waals surface area contributed by atoms with Crippen LogP contribution in [0.4, 0.5) is 5.69 Å². The highest BCUT2D eigenvalue weighted by Crippen LogP contribution is 2.28. The third kappa shape index (κ3) is 3.09. The Morgan fingerprint density at radius 3 is 3.00 bits per heavy atom. The van der Waals surface area contributed by atoms with Crippen LogP contribution in [0.25, 0.3) is 0 Å². The van der Waals surface area contributed by atoms with Crippen LogP contribution in [0.2, 0.25) is 0 Å². The SMILES string of the molecule is COCCNCCCN1C(=O)Cc2ccccc21. The van der Waals surface area contributed by atoms with Crippen molar-refractivity contribution in [2.24, 2.45) is 0 Å². The molecule has 0 fully saturated rings. The number of carbonyl (C=O) groups excluding carboxylic acids is 1. The average Bonchev–Trinajstić information content (AvgIpc) is 2.70. The predicted octanol–water partition coefficient (Wildman–Crippen LogP) is 1.20. The smallest absolute Gasteiger partial charge is 0.231 e. The van der Waals surface area contributed by atoms with Crippen molar-refractivity contribution in [2.45, 2.75) is 12.8 Å². The Morgan fingerprint density at radius 1 is 1.33 bits per heavy atom. The van der Waals surface area contributed by atoms with Gasteiger partial charge in [-0.2, -0.15) is 0 Å². The van der Waals surface area contributed by atoms with E-state index in [4.69, 9.17) is 4.74 Å². The molecule has 1 N–H and O–H groups in total. The standard InChI is InChI=1S/C14H20N2O2/c1-18-10-8-15-7-4-9-16-13-6-3-2-5-12(13)11-14(16)17/h2-3,5-6,15H,4,7-11H2,1H3. The van der Waals surface area contributed by atoms with Crippen molar-refractivity contribution >= 4 is 11.6 Å². The van der Waals surface area contributed by atoms with E-state index >= 15 is 0 Å². The molecule has 0 spiro atoms. The normalized spacial score (nSPS) is 14.1. The fraction of sp³-hybridized carbons (Fsp3) is 0.500. The van der Waals surface area contributed by atoms with E-state index < -0.39 is 0 Å². The summed E-state index contributed by atoms with van der Waals surface area (Å²) in [6, 6.07) is 8.03. The minimum atomic E-state index is 0.216. The van der Waals surface area contributed by atoms with Gasteiger partial charge >= 0.3 is 0 Å². The molecule has 98 valence electrons. The Balaban J connectivity index is 1.78. The monoisotopic (exact) mass is 248 g/mol. The summed E-state index contributed by atoms with van der Waals surface area (Å²) in [5.74, 6) is 0.216. The number of nitrogens with one attached hydrogen (secondary N) is 1. The summed E-state index contributed by atoms with van der Waals surface area (Å²) < 4.78 is 4.96. The summed E-state index contributed by atoms with van der Waals surface area (Å²) in [6.45, 7) is 3.29. The number of benzene rings is 1. The Labute approximate surface area is 108 Å². The summed E-state index contributed by atoms with van der Waals surface area (Å²) in [7, 11) is 1.70. The highest BCUT2D eigenvalue weighted by atomic mass is 16.5. The second-order valence-corrected chi connectivity index (χ2v) is 4.45. The van der Waals surface area contributed by atoms with E-state index in [-0.39, 0.29) is 5.91 Å². The third-order valence-electron chi connectivity index (χ3n) is 3.14. The van der Waals surface area contributed by atoms with Gasteiger partial charge in [0.1, 0.15) is 0 Å². The number of rotatable bonds is 7. The first-order valence-corrected chi connectivity index (χ1v) is 6.41. The maximum atomic E-state index is 11.9. The van der Waals surface area contributed by atoms with Gasteiger partial charge in [0.2, 0.25) is 5.91 Å². The van der Waals surface area contributed by atoms with E-state index in [0.717, 1.165) is 43.9 Å². The minimum absolute atomic E-state index is 0.216. The van der Waals surface area contributed by atoms with Gasteiger partial charge in [-0.25, -0.2) is 0 Å². The Kier molecular flexibility index (Phi) is 4.73. The molecule has 1 aromatic rings. The number of nitrogens with zero attached hydrogens (tertiary/aromatic N) is 1. The van der Waals surface area contributed by atoms with Gasteiger partial charge in [0, 0.05) is 25.9 Å². The van der Waals surface area contributed by atoms with E-state index in [2.05, 4.69) is 5.32 Å². The zero-order valence-electron chi connectivity index (χ0n) is 10.8. The number of fused-ring (bicyclic) bond motifs is 1. The van der Waals surface area contributed by atoms with Gasteiger partial charge in [0.25, 0.3) is 0 Å². The first-order chi connectivity index (χ1) is 8.83. The number of ether oxygens (including phenoxy) is 1. The largest absolute Gasteiger partial charge is 0.383 e. The van der Waals surface area contributed by atoms with Crippen molar-refractivity contribution in [1.29, 1.82) is 0 Å². The topological polar surface area (TPSA) is 41.6 Å². The van der Waals surface area contributed by atoms with Gasteiger partial charge in [-0.05, 0) is 24.6 Å². The molecule has 2 rings (SSSR count). The van der Waals surface area contributed by atoms with E-state index in [0.29, 0.717) is 6.42 Å². The van der Waals surface area contributed by atoms with Crippen LogP contribution < -0.4 is 10.2 Å². The zero-order valence-corrected chi connectivity index (χ0v) is 10.8. The molecular weight excluding hydrogens is 228 g/mol. The number of hydrogen-bond donors (Lipinski definition) is 1. The van der Waals surface area contributed by atoms with Crippen molar-refractivity contribution < 1.29 is 9.53 Å². The van der Waals surface area contributed by atoms with Crippen LogP contribution >= 0.6 is 0 Å². The van der Waals surface area contributed by atoms with Crippen LogP contribution in [0.1, 0.15) is 12.0 Å². The van der Waals surface area contributed by atoms with Gasteiger partial charge in [0.05, 0.1) is 13.0 Å². The molecule has 0 saturated heterocycles. The van der Waals surface area contributed by atoms with Crippen LogP contribution in [-0.2, 0) is 16.0 Å². The summed E-state index contributed by atoms with van der Waals surface area (Å²) >= 11 is 0. The second kappa shape index (κ2) is 6.52. The number of anilines is 1. The first-order valence-electron chi connectivity index (χ1n) is 6.41. The number of hydrogen-bond acceptors (Lipinski definition) is 3. The molecule has 0 radical (unpaired) electrons. The summed E-state index contributed by atoms with van der Waals surface area (Å²) in [6.07, 6.45) is 1.51. The molecule has 0 aromatic heterocycles. The number of amides is 1. The molecule has 1 heterocycles. The molecule has 1 aromatic carbocycles. The van der Waals surface area contributed by atoms with Gasteiger partial charge in [-0.15, -0.1) is 0 Å². The fourth-order valence-electron chi connectivity index (χ4n) is 2.22. The highest BCUT2D eigenvalue weighted by molar-refractivity contribution is 6.01. The Morgan fingerprint density at radius 2 is 2.17 bits per heavy atom. The van der Waals surface area contributed by atoms with E-state index in [1.807, 2.05) is 29.2 Å². The lowest BCUT2D eigenvalue weighted by Crippen LogP contribution is -2.30. The van der Waals surface area contributed by atoms with Gasteiger partial charge < -0.3 is 15.0 Å². The number of carbonyl (C=O) groups is 1. The molecule has 1 amide bonds. The van der Waals surface area contributed by atoms with Crippen molar-refractivity contribution in [1.82, 2.24) is 5.32 Å². The predicted molar refractivity (Wildman–Crippen MR) is 71.9 cm³/mol. The van der Waals surface area contributed by atoms with Crippen LogP contribution in [0.3, 0.4) is 0 Å². The molecule has 0 unspecified atom stereocenters. The van der Waals surface area contributed by atoms with Crippen LogP contribution in [0, 0.1) is 0 Å². The summed E-state index contributed by atoms with van der Waals surface area (Å²) in [4.78, 5) is 13.8. The summed E-state index contributed by atoms with van der Waals surface area (Å²) in [5.41, 5.74) is 2.23. The first kappa shape index (κ1) is 13.1. The molecule has 0 saturated carbocycles. The van der Waals surface area contributed by atoms with Gasteiger partial charge in [-0.3, -0.25) is 4.79 Å². The molecule has 1 aliphatic rings. The summed E-state index contributed by atoms with van der Waals surface area (Å²) in [5, 5.41) is 3.29. The molecule has 4 nitrogen and oxygen atoms in total. The van der Waals surface area contributed by atoms with Crippen LogP contribution in [0.5, 0.6) is 0 Å². The number of para-hydroxylation sites is 1. The van der Waals surface area contributed by atoms with E-state index in [9.17, 15) is 4.79 Å². The zero-order chi connectivity index (χ0) is 12.8. The maximum Gasteiger partial charge on any atom is 0.231 e. The lowest BCUT2D eigenvalue weighted by Gasteiger charge is -2.17. The lowest BCUT2D eigenvalue weighted by molar-refractivity contribution is -0.117. The Bertz CT molecular complexity index is 407. The van der Waals surface area contributed by atoms with Crippen LogP contribution in [0.15, 0.2) is 24.3 Å². The molecule has 4 heteroatoms. The minimum Gasteiger partial charge on any atom is -0.383 e. The van der Waals surface area contributed by atoms with Crippen LogP contribution in [-0.4, -0.2) is 39.3 Å². The Hall–Kier alpha value is -1.39. The van der Waals surface area contributed by atoms with Crippen molar-refractivity contribution in [3.63, 3.8) is 0 Å².